The molecule has 0 aliphatic rings. The van der Waals surface area contributed by atoms with Crippen LogP contribution >= 0.6 is 7.14 Å². The quantitative estimate of drug-likeness (QED) is 0.491. The molecular formula is C21H24N3OP. The van der Waals surface area contributed by atoms with Gasteiger partial charge in [-0.05, 0) is 55.7 Å². The molecule has 5 heteroatoms. The number of anilines is 3. The van der Waals surface area contributed by atoms with Gasteiger partial charge < -0.3 is 21.8 Å². The standard InChI is InChI=1S/C21H24N3OP/c1-13-4-7-16(10-19(13)22)26(25,17-8-5-14(2)20(23)11-17)18-9-6-15(3)21(24)12-18/h4-12H,22-24H2,1-3H3. The van der Waals surface area contributed by atoms with Crippen LogP contribution in [0.2, 0.25) is 0 Å². The second kappa shape index (κ2) is 6.54. The number of hydrogen-bond donors (Lipinski definition) is 3. The number of nitrogen functional groups attached to an aromatic ring is 3. The van der Waals surface area contributed by atoms with Gasteiger partial charge >= 0.3 is 0 Å². The molecule has 3 aromatic carbocycles. The summed E-state index contributed by atoms with van der Waals surface area (Å²) >= 11 is 0. The minimum atomic E-state index is -3.16. The summed E-state index contributed by atoms with van der Waals surface area (Å²) in [6, 6.07) is 16.7. The molecule has 0 aliphatic heterocycles. The molecule has 0 bridgehead atoms. The van der Waals surface area contributed by atoms with Crippen molar-refractivity contribution in [2.45, 2.75) is 20.8 Å². The third-order valence-electron chi connectivity index (χ3n) is 4.88. The van der Waals surface area contributed by atoms with Crippen LogP contribution in [0.5, 0.6) is 0 Å². The second-order valence-corrected chi connectivity index (χ2v) is 9.50. The van der Waals surface area contributed by atoms with Gasteiger partial charge in [0.1, 0.15) is 0 Å². The lowest BCUT2D eigenvalue weighted by Crippen LogP contribution is -2.26. The zero-order valence-electron chi connectivity index (χ0n) is 15.3. The van der Waals surface area contributed by atoms with Gasteiger partial charge in [-0.25, -0.2) is 0 Å². The van der Waals surface area contributed by atoms with E-state index in [1.165, 1.54) is 0 Å². The molecule has 26 heavy (non-hydrogen) atoms. The predicted molar refractivity (Wildman–Crippen MR) is 113 cm³/mol. The molecule has 3 rings (SSSR count). The highest BCUT2D eigenvalue weighted by Crippen LogP contribution is 2.44. The number of aryl methyl sites for hydroxylation is 3. The summed E-state index contributed by atoms with van der Waals surface area (Å²) in [5, 5.41) is 2.02. The van der Waals surface area contributed by atoms with Crippen LogP contribution in [0.25, 0.3) is 0 Å². The summed E-state index contributed by atoms with van der Waals surface area (Å²) in [7, 11) is -3.16. The number of benzene rings is 3. The van der Waals surface area contributed by atoms with E-state index < -0.39 is 7.14 Å². The Morgan fingerprint density at radius 2 is 0.846 bits per heavy atom. The van der Waals surface area contributed by atoms with Crippen molar-refractivity contribution >= 4 is 40.1 Å². The molecule has 0 aromatic heterocycles. The summed E-state index contributed by atoms with van der Waals surface area (Å²) in [6.45, 7) is 5.79. The minimum absolute atomic E-state index is 0.614. The van der Waals surface area contributed by atoms with Crippen molar-refractivity contribution in [2.75, 3.05) is 17.2 Å². The molecule has 3 aromatic rings. The lowest BCUT2D eigenvalue weighted by molar-refractivity contribution is 0.592. The van der Waals surface area contributed by atoms with Crippen molar-refractivity contribution in [1.29, 1.82) is 0 Å². The highest BCUT2D eigenvalue weighted by atomic mass is 31.2. The van der Waals surface area contributed by atoms with Crippen molar-refractivity contribution in [2.24, 2.45) is 0 Å². The van der Waals surface area contributed by atoms with E-state index in [2.05, 4.69) is 0 Å². The molecule has 0 aliphatic carbocycles. The Bertz CT molecular complexity index is 911. The van der Waals surface area contributed by atoms with E-state index in [0.29, 0.717) is 33.0 Å². The topological polar surface area (TPSA) is 95.1 Å². The van der Waals surface area contributed by atoms with Gasteiger partial charge in [-0.1, -0.05) is 36.4 Å². The van der Waals surface area contributed by atoms with E-state index in [1.807, 2.05) is 57.2 Å². The Morgan fingerprint density at radius 3 is 1.08 bits per heavy atom. The fraction of sp³-hybridized carbons (Fsp3) is 0.143. The van der Waals surface area contributed by atoms with Gasteiger partial charge in [-0.2, -0.15) is 0 Å². The molecule has 0 amide bonds. The molecule has 0 atom stereocenters. The van der Waals surface area contributed by atoms with Crippen molar-refractivity contribution in [1.82, 2.24) is 0 Å². The first kappa shape index (κ1) is 18.1. The Balaban J connectivity index is 2.33. The maximum absolute atomic E-state index is 14.4. The zero-order valence-corrected chi connectivity index (χ0v) is 16.2. The molecule has 4 nitrogen and oxygen atoms in total. The van der Waals surface area contributed by atoms with Crippen molar-refractivity contribution < 1.29 is 4.57 Å². The summed E-state index contributed by atoms with van der Waals surface area (Å²) < 4.78 is 14.4. The lowest BCUT2D eigenvalue weighted by Gasteiger charge is -2.22. The first-order chi connectivity index (χ1) is 12.2. The van der Waals surface area contributed by atoms with Gasteiger partial charge in [-0.3, -0.25) is 0 Å². The Labute approximate surface area is 154 Å². The molecule has 0 radical (unpaired) electrons. The van der Waals surface area contributed by atoms with Crippen molar-refractivity contribution in [3.63, 3.8) is 0 Å². The monoisotopic (exact) mass is 365 g/mol. The average Bonchev–Trinajstić information content (AvgIpc) is 2.61. The van der Waals surface area contributed by atoms with Crippen LogP contribution in [0.4, 0.5) is 17.1 Å². The van der Waals surface area contributed by atoms with E-state index >= 15 is 0 Å². The number of hydrogen-bond acceptors (Lipinski definition) is 4. The van der Waals surface area contributed by atoms with Gasteiger partial charge in [-0.15, -0.1) is 0 Å². The average molecular weight is 365 g/mol. The van der Waals surface area contributed by atoms with Crippen molar-refractivity contribution in [3.05, 3.63) is 71.3 Å². The van der Waals surface area contributed by atoms with E-state index in [4.69, 9.17) is 17.2 Å². The number of rotatable bonds is 3. The smallest absolute Gasteiger partial charge is 0.171 e. The SMILES string of the molecule is Cc1ccc(P(=O)(c2ccc(C)c(N)c2)c2ccc(C)c(N)c2)cc1N. The zero-order chi connectivity index (χ0) is 19.1. The van der Waals surface area contributed by atoms with Gasteiger partial charge in [0.05, 0.1) is 0 Å². The normalized spacial score (nSPS) is 11.5. The van der Waals surface area contributed by atoms with E-state index in [1.54, 1.807) is 18.2 Å². The van der Waals surface area contributed by atoms with Crippen LogP contribution in [0.15, 0.2) is 54.6 Å². The largest absolute Gasteiger partial charge is 0.398 e. The van der Waals surface area contributed by atoms with Gasteiger partial charge in [0.15, 0.2) is 7.14 Å². The van der Waals surface area contributed by atoms with E-state index in [0.717, 1.165) is 16.7 Å². The van der Waals surface area contributed by atoms with Crippen LogP contribution < -0.4 is 33.1 Å². The number of nitrogens with two attached hydrogens (primary N) is 3. The fourth-order valence-electron chi connectivity index (χ4n) is 2.92. The third kappa shape index (κ3) is 2.97. The molecule has 6 N–H and O–H groups in total. The van der Waals surface area contributed by atoms with Crippen LogP contribution in [0.3, 0.4) is 0 Å². The highest BCUT2D eigenvalue weighted by Gasteiger charge is 2.31. The minimum Gasteiger partial charge on any atom is -0.398 e. The molecule has 0 heterocycles. The Kier molecular flexibility index (Phi) is 4.55. The molecule has 0 saturated carbocycles. The third-order valence-corrected chi connectivity index (χ3v) is 7.90. The first-order valence-electron chi connectivity index (χ1n) is 8.43. The highest BCUT2D eigenvalue weighted by molar-refractivity contribution is 7.85. The van der Waals surface area contributed by atoms with Gasteiger partial charge in [0, 0.05) is 33.0 Å². The van der Waals surface area contributed by atoms with Crippen LogP contribution in [0.1, 0.15) is 16.7 Å². The van der Waals surface area contributed by atoms with Gasteiger partial charge in [0.2, 0.25) is 0 Å². The molecule has 134 valence electrons. The Morgan fingerprint density at radius 1 is 0.577 bits per heavy atom. The summed E-state index contributed by atoms with van der Waals surface area (Å²) in [4.78, 5) is 0. The van der Waals surface area contributed by atoms with Crippen LogP contribution in [-0.2, 0) is 4.57 Å². The van der Waals surface area contributed by atoms with Crippen LogP contribution in [-0.4, -0.2) is 0 Å². The fourth-order valence-corrected chi connectivity index (χ4v) is 5.63. The Hall–Kier alpha value is -2.71. The lowest BCUT2D eigenvalue weighted by atomic mass is 10.2. The predicted octanol–water partition coefficient (Wildman–Crippen LogP) is 3.00. The summed E-state index contributed by atoms with van der Waals surface area (Å²) in [6.07, 6.45) is 0. The maximum atomic E-state index is 14.4. The molecular weight excluding hydrogens is 341 g/mol. The van der Waals surface area contributed by atoms with E-state index in [9.17, 15) is 4.57 Å². The maximum Gasteiger partial charge on any atom is 0.171 e. The van der Waals surface area contributed by atoms with Crippen LogP contribution in [0, 0.1) is 20.8 Å². The first-order valence-corrected chi connectivity index (χ1v) is 10.1. The molecule has 0 unspecified atom stereocenters. The van der Waals surface area contributed by atoms with Crippen molar-refractivity contribution in [3.8, 4) is 0 Å². The van der Waals surface area contributed by atoms with Gasteiger partial charge in [0.25, 0.3) is 0 Å². The second-order valence-electron chi connectivity index (χ2n) is 6.73. The molecule has 0 saturated heterocycles. The molecule has 0 fully saturated rings. The summed E-state index contributed by atoms with van der Waals surface area (Å²) in [5.74, 6) is 0. The molecule has 0 spiro atoms. The summed E-state index contributed by atoms with van der Waals surface area (Å²) in [5.41, 5.74) is 23.0. The van der Waals surface area contributed by atoms with E-state index in [-0.39, 0.29) is 0 Å².